The van der Waals surface area contributed by atoms with Crippen molar-refractivity contribution in [3.63, 3.8) is 0 Å². The van der Waals surface area contributed by atoms with Crippen molar-refractivity contribution in [1.29, 1.82) is 0 Å². The zero-order valence-corrected chi connectivity index (χ0v) is 13.2. The topological polar surface area (TPSA) is 32.3 Å². The molecule has 0 aliphatic carbocycles. The lowest BCUT2D eigenvalue weighted by molar-refractivity contribution is -0.122. The molecule has 0 amide bonds. The van der Waals surface area contributed by atoms with Crippen LogP contribution < -0.4 is 5.32 Å². The molecule has 2 rings (SSSR count). The molecule has 2 atom stereocenters. The van der Waals surface area contributed by atoms with Crippen LogP contribution in [0.1, 0.15) is 25.0 Å². The number of nitrogens with one attached hydrogen (secondary N) is 1. The maximum atomic E-state index is 12.0. The van der Waals surface area contributed by atoms with E-state index in [0.717, 1.165) is 36.6 Å². The van der Waals surface area contributed by atoms with Crippen LogP contribution in [0.5, 0.6) is 0 Å². The number of aryl methyl sites for hydroxylation is 1. The number of carbonyl (C=O) groups is 1. The fourth-order valence-corrected chi connectivity index (χ4v) is 3.10. The molecule has 1 aromatic carbocycles. The third-order valence-corrected chi connectivity index (χ3v) is 4.26. The summed E-state index contributed by atoms with van der Waals surface area (Å²) in [7, 11) is 0. The van der Waals surface area contributed by atoms with E-state index in [1.165, 1.54) is 5.56 Å². The summed E-state index contributed by atoms with van der Waals surface area (Å²) in [5.74, 6) is 0.244. The highest BCUT2D eigenvalue weighted by Gasteiger charge is 2.27. The Kier molecular flexibility index (Phi) is 5.19. The molecule has 0 aromatic heterocycles. The molecule has 3 nitrogen and oxygen atoms in total. The number of carbonyl (C=O) groups excluding carboxylic acids is 1. The average Bonchev–Trinajstić information content (AvgIpc) is 2.37. The highest BCUT2D eigenvalue weighted by atomic mass is 35.5. The molecule has 0 radical (unpaired) electrons. The largest absolute Gasteiger partial charge is 0.312 e. The number of piperazine rings is 1. The summed E-state index contributed by atoms with van der Waals surface area (Å²) in [6, 6.07) is 6.33. The van der Waals surface area contributed by atoms with Gasteiger partial charge in [0.05, 0.1) is 6.04 Å². The minimum Gasteiger partial charge on any atom is -0.312 e. The van der Waals surface area contributed by atoms with E-state index in [-0.39, 0.29) is 11.8 Å². The monoisotopic (exact) mass is 294 g/mol. The van der Waals surface area contributed by atoms with Crippen molar-refractivity contribution in [2.24, 2.45) is 0 Å². The first-order valence-electron chi connectivity index (χ1n) is 7.20. The quantitative estimate of drug-likeness (QED) is 0.926. The summed E-state index contributed by atoms with van der Waals surface area (Å²) in [5.41, 5.74) is 2.37. The third kappa shape index (κ3) is 3.81. The number of Topliss-reactive ketones (excluding diaryl/α,β-unsaturated/α-hetero) is 1. The summed E-state index contributed by atoms with van der Waals surface area (Å²) in [5, 5.41) is 4.17. The third-order valence-electron chi connectivity index (χ3n) is 4.03. The van der Waals surface area contributed by atoms with Gasteiger partial charge in [-0.15, -0.1) is 0 Å². The molecule has 0 spiro atoms. The summed E-state index contributed by atoms with van der Waals surface area (Å²) < 4.78 is 0. The van der Waals surface area contributed by atoms with Crippen molar-refractivity contribution in [2.75, 3.05) is 19.6 Å². The summed E-state index contributed by atoms with van der Waals surface area (Å²) in [6.45, 7) is 8.72. The molecule has 110 valence electrons. The second-order valence-electron chi connectivity index (χ2n) is 5.75. The summed E-state index contributed by atoms with van der Waals surface area (Å²) >= 11 is 6.00. The molecule has 20 heavy (non-hydrogen) atoms. The van der Waals surface area contributed by atoms with Gasteiger partial charge in [0.25, 0.3) is 0 Å². The van der Waals surface area contributed by atoms with Crippen LogP contribution in [0.15, 0.2) is 18.2 Å². The van der Waals surface area contributed by atoms with Gasteiger partial charge in [0.2, 0.25) is 0 Å². The van der Waals surface area contributed by atoms with E-state index in [2.05, 4.69) is 24.1 Å². The molecule has 1 aliphatic heterocycles. The molecular weight excluding hydrogens is 272 g/mol. The molecular formula is C16H23ClN2O. The predicted molar refractivity (Wildman–Crippen MR) is 83.4 cm³/mol. The molecule has 0 unspecified atom stereocenters. The van der Waals surface area contributed by atoms with E-state index >= 15 is 0 Å². The van der Waals surface area contributed by atoms with Crippen molar-refractivity contribution in [1.82, 2.24) is 10.2 Å². The normalized spacial score (nSPS) is 21.7. The van der Waals surface area contributed by atoms with Gasteiger partial charge < -0.3 is 5.32 Å². The number of hydrogen-bond donors (Lipinski definition) is 1. The minimum absolute atomic E-state index is 0.0283. The van der Waals surface area contributed by atoms with Crippen LogP contribution in [-0.2, 0) is 11.2 Å². The van der Waals surface area contributed by atoms with E-state index in [1.807, 2.05) is 18.2 Å². The number of benzene rings is 1. The highest BCUT2D eigenvalue weighted by molar-refractivity contribution is 6.30. The van der Waals surface area contributed by atoms with Gasteiger partial charge in [-0.1, -0.05) is 17.7 Å². The van der Waals surface area contributed by atoms with Crippen molar-refractivity contribution in [3.05, 3.63) is 34.3 Å². The Hall–Kier alpha value is -0.900. The van der Waals surface area contributed by atoms with E-state index in [0.29, 0.717) is 6.04 Å². The van der Waals surface area contributed by atoms with Crippen molar-refractivity contribution in [2.45, 2.75) is 39.3 Å². The molecule has 1 heterocycles. The number of ketones is 1. The highest BCUT2D eigenvalue weighted by Crippen LogP contribution is 2.19. The number of halogens is 1. The Morgan fingerprint density at radius 1 is 1.55 bits per heavy atom. The first-order chi connectivity index (χ1) is 9.47. The van der Waals surface area contributed by atoms with Gasteiger partial charge in [0.15, 0.2) is 0 Å². The lowest BCUT2D eigenvalue weighted by Gasteiger charge is -2.37. The van der Waals surface area contributed by atoms with Gasteiger partial charge in [-0.05, 0) is 50.5 Å². The van der Waals surface area contributed by atoms with Crippen LogP contribution in [-0.4, -0.2) is 42.4 Å². The van der Waals surface area contributed by atoms with Crippen LogP contribution in [0.2, 0.25) is 5.02 Å². The number of rotatable bonds is 4. The standard InChI is InChI=1S/C16H23ClN2O/c1-11-8-15(17)5-4-14(11)9-16(13(3)20)19-7-6-18-12(2)10-19/h4-5,8,12,16,18H,6-7,9-10H2,1-3H3/t12-,16-/m0/s1. The second kappa shape index (κ2) is 6.70. The van der Waals surface area contributed by atoms with Crippen molar-refractivity contribution < 1.29 is 4.79 Å². The lowest BCUT2D eigenvalue weighted by atomic mass is 9.97. The molecule has 1 saturated heterocycles. The van der Waals surface area contributed by atoms with Crippen LogP contribution in [0, 0.1) is 6.92 Å². The Morgan fingerprint density at radius 2 is 2.30 bits per heavy atom. The van der Waals surface area contributed by atoms with Gasteiger partial charge in [-0.3, -0.25) is 9.69 Å². The Balaban J connectivity index is 2.14. The fraction of sp³-hybridized carbons (Fsp3) is 0.562. The van der Waals surface area contributed by atoms with E-state index in [1.54, 1.807) is 6.92 Å². The maximum absolute atomic E-state index is 12.0. The van der Waals surface area contributed by atoms with Gasteiger partial charge >= 0.3 is 0 Å². The SMILES string of the molecule is CC(=O)[C@H](Cc1ccc(Cl)cc1C)N1CCN[C@@H](C)C1. The van der Waals surface area contributed by atoms with E-state index < -0.39 is 0 Å². The lowest BCUT2D eigenvalue weighted by Crippen LogP contribution is -2.55. The average molecular weight is 295 g/mol. The van der Waals surface area contributed by atoms with Gasteiger partial charge in [0, 0.05) is 30.7 Å². The Bertz CT molecular complexity index is 489. The van der Waals surface area contributed by atoms with Gasteiger partial charge in [-0.25, -0.2) is 0 Å². The first-order valence-corrected chi connectivity index (χ1v) is 7.58. The van der Waals surface area contributed by atoms with Gasteiger partial charge in [-0.2, -0.15) is 0 Å². The molecule has 0 saturated carbocycles. The molecule has 1 aromatic rings. The Morgan fingerprint density at radius 3 is 2.90 bits per heavy atom. The zero-order chi connectivity index (χ0) is 14.7. The van der Waals surface area contributed by atoms with Crippen molar-refractivity contribution in [3.8, 4) is 0 Å². The van der Waals surface area contributed by atoms with Crippen LogP contribution in [0.25, 0.3) is 0 Å². The van der Waals surface area contributed by atoms with E-state index in [9.17, 15) is 4.79 Å². The molecule has 1 fully saturated rings. The molecule has 1 aliphatic rings. The van der Waals surface area contributed by atoms with Crippen LogP contribution in [0.4, 0.5) is 0 Å². The molecule has 4 heteroatoms. The minimum atomic E-state index is -0.0283. The Labute approximate surface area is 126 Å². The van der Waals surface area contributed by atoms with Gasteiger partial charge in [0.1, 0.15) is 5.78 Å². The fourth-order valence-electron chi connectivity index (χ4n) is 2.87. The summed E-state index contributed by atoms with van der Waals surface area (Å²) in [4.78, 5) is 14.3. The van der Waals surface area contributed by atoms with Crippen molar-refractivity contribution >= 4 is 17.4 Å². The van der Waals surface area contributed by atoms with Crippen LogP contribution in [0.3, 0.4) is 0 Å². The molecule has 1 N–H and O–H groups in total. The number of nitrogens with zero attached hydrogens (tertiary/aromatic N) is 1. The first kappa shape index (κ1) is 15.5. The van der Waals surface area contributed by atoms with E-state index in [4.69, 9.17) is 11.6 Å². The van der Waals surface area contributed by atoms with Crippen LogP contribution >= 0.6 is 11.6 Å². The second-order valence-corrected chi connectivity index (χ2v) is 6.19. The summed E-state index contributed by atoms with van der Waals surface area (Å²) in [6.07, 6.45) is 0.769. The number of hydrogen-bond acceptors (Lipinski definition) is 3. The smallest absolute Gasteiger partial charge is 0.147 e. The maximum Gasteiger partial charge on any atom is 0.147 e. The zero-order valence-electron chi connectivity index (χ0n) is 12.4. The molecule has 0 bridgehead atoms. The predicted octanol–water partition coefficient (Wildman–Crippen LogP) is 2.44.